The number of morpholine rings is 1. The fourth-order valence-corrected chi connectivity index (χ4v) is 3.40. The average molecular weight is 359 g/mol. The van der Waals surface area contributed by atoms with Gasteiger partial charge in [0, 0.05) is 19.2 Å². The number of carboxylic acids is 1. The minimum atomic E-state index is -0.918. The van der Waals surface area contributed by atoms with E-state index in [1.165, 1.54) is 18.9 Å². The number of amides is 1. The second kappa shape index (κ2) is 8.85. The molecule has 1 N–H and O–H groups in total. The van der Waals surface area contributed by atoms with Gasteiger partial charge in [-0.15, -0.1) is 0 Å². The Morgan fingerprint density at radius 1 is 1.31 bits per heavy atom. The molecule has 0 radical (unpaired) electrons. The Morgan fingerprint density at radius 2 is 2.12 bits per heavy atom. The van der Waals surface area contributed by atoms with Crippen LogP contribution in [0.2, 0.25) is 0 Å². The Kier molecular flexibility index (Phi) is 6.28. The first kappa shape index (κ1) is 18.5. The summed E-state index contributed by atoms with van der Waals surface area (Å²) in [5.41, 5.74) is 0.907. The number of nitrogens with zero attached hydrogens (tertiary/aromatic N) is 1. The summed E-state index contributed by atoms with van der Waals surface area (Å²) in [5, 5.41) is 8.86. The predicted octanol–water partition coefficient (Wildman–Crippen LogP) is 2.72. The number of aliphatic carboxylic acids is 1. The van der Waals surface area contributed by atoms with E-state index in [-0.39, 0.29) is 12.3 Å². The molecule has 2 aliphatic rings. The molecule has 1 amide bonds. The maximum atomic E-state index is 12.4. The first-order valence-corrected chi connectivity index (χ1v) is 9.17. The number of carbonyl (C=O) groups excluding carboxylic acids is 1. The van der Waals surface area contributed by atoms with Crippen LogP contribution in [0, 0.1) is 0 Å². The minimum absolute atomic E-state index is 0.0892. The van der Waals surface area contributed by atoms with Crippen LogP contribution in [0.4, 0.5) is 0 Å². The molecule has 6 heteroatoms. The van der Waals surface area contributed by atoms with Crippen molar-refractivity contribution < 1.29 is 24.2 Å². The van der Waals surface area contributed by atoms with Crippen LogP contribution in [-0.4, -0.2) is 53.8 Å². The van der Waals surface area contributed by atoms with Crippen LogP contribution in [0.5, 0.6) is 5.75 Å². The molecule has 0 spiro atoms. The fraction of sp³-hybridized carbons (Fsp3) is 0.500. The van der Waals surface area contributed by atoms with Crippen molar-refractivity contribution in [3.63, 3.8) is 0 Å². The molecular formula is C20H25NO5. The lowest BCUT2D eigenvalue weighted by atomic mass is 10.1. The summed E-state index contributed by atoms with van der Waals surface area (Å²) in [6, 6.07) is 7.73. The summed E-state index contributed by atoms with van der Waals surface area (Å²) >= 11 is 0. The van der Waals surface area contributed by atoms with Gasteiger partial charge in [0.15, 0.2) is 0 Å². The highest BCUT2D eigenvalue weighted by molar-refractivity contribution is 5.92. The first-order chi connectivity index (χ1) is 12.6. The normalized spacial score (nSPS) is 21.2. The molecule has 6 nitrogen and oxygen atoms in total. The Morgan fingerprint density at radius 3 is 2.88 bits per heavy atom. The number of rotatable bonds is 6. The second-order valence-electron chi connectivity index (χ2n) is 6.81. The molecule has 1 aromatic rings. The molecule has 140 valence electrons. The summed E-state index contributed by atoms with van der Waals surface area (Å²) in [6.45, 7) is 1.15. The lowest BCUT2D eigenvalue weighted by Crippen LogP contribution is -2.45. The van der Waals surface area contributed by atoms with Crippen LogP contribution >= 0.6 is 0 Å². The van der Waals surface area contributed by atoms with E-state index in [1.54, 1.807) is 11.0 Å². The maximum Gasteiger partial charge on any atom is 0.306 e. The molecule has 1 heterocycles. The van der Waals surface area contributed by atoms with Crippen LogP contribution in [0.25, 0.3) is 6.08 Å². The number of hydrogen-bond acceptors (Lipinski definition) is 4. The highest BCUT2D eigenvalue weighted by Gasteiger charge is 2.24. The summed E-state index contributed by atoms with van der Waals surface area (Å²) < 4.78 is 11.4. The SMILES string of the molecule is O=C(O)CC1CN(C(=O)/C=C/c2cccc(OC3CCCC3)c2)CCO1. The van der Waals surface area contributed by atoms with Crippen molar-refractivity contribution in [2.45, 2.75) is 44.3 Å². The lowest BCUT2D eigenvalue weighted by molar-refractivity contribution is -0.145. The van der Waals surface area contributed by atoms with Crippen molar-refractivity contribution in [1.82, 2.24) is 4.90 Å². The molecule has 1 aromatic carbocycles. The third-order valence-electron chi connectivity index (χ3n) is 4.73. The van der Waals surface area contributed by atoms with E-state index in [0.717, 1.165) is 24.2 Å². The lowest BCUT2D eigenvalue weighted by Gasteiger charge is -2.31. The first-order valence-electron chi connectivity index (χ1n) is 9.17. The zero-order valence-electron chi connectivity index (χ0n) is 14.8. The molecule has 26 heavy (non-hydrogen) atoms. The second-order valence-corrected chi connectivity index (χ2v) is 6.81. The van der Waals surface area contributed by atoms with Crippen molar-refractivity contribution in [3.05, 3.63) is 35.9 Å². The van der Waals surface area contributed by atoms with Crippen LogP contribution in [0.3, 0.4) is 0 Å². The van der Waals surface area contributed by atoms with Gasteiger partial charge in [-0.25, -0.2) is 0 Å². The van der Waals surface area contributed by atoms with E-state index >= 15 is 0 Å². The van der Waals surface area contributed by atoms with E-state index in [4.69, 9.17) is 14.6 Å². The minimum Gasteiger partial charge on any atom is -0.490 e. The molecule has 3 rings (SSSR count). The van der Waals surface area contributed by atoms with Gasteiger partial charge < -0.3 is 19.5 Å². The topological polar surface area (TPSA) is 76.1 Å². The zero-order chi connectivity index (χ0) is 18.4. The zero-order valence-corrected chi connectivity index (χ0v) is 14.8. The number of ether oxygens (including phenoxy) is 2. The van der Waals surface area contributed by atoms with E-state index in [9.17, 15) is 9.59 Å². The highest BCUT2D eigenvalue weighted by atomic mass is 16.5. The van der Waals surface area contributed by atoms with Gasteiger partial charge in [0.25, 0.3) is 0 Å². The standard InChI is InChI=1S/C20H25NO5/c22-19(21-10-11-25-18(14-21)13-20(23)24)9-8-15-4-3-7-17(12-15)26-16-5-1-2-6-16/h3-4,7-9,12,16,18H,1-2,5-6,10-11,13-14H2,(H,23,24)/b9-8+. The number of benzene rings is 1. The molecule has 1 saturated carbocycles. The van der Waals surface area contributed by atoms with Crippen LogP contribution < -0.4 is 4.74 Å². The van der Waals surface area contributed by atoms with E-state index < -0.39 is 12.1 Å². The van der Waals surface area contributed by atoms with Crippen molar-refractivity contribution >= 4 is 18.0 Å². The van der Waals surface area contributed by atoms with Gasteiger partial charge in [-0.1, -0.05) is 12.1 Å². The Bertz CT molecular complexity index is 666. The van der Waals surface area contributed by atoms with Crippen molar-refractivity contribution in [2.24, 2.45) is 0 Å². The number of carbonyl (C=O) groups is 2. The van der Waals surface area contributed by atoms with Gasteiger partial charge in [0.2, 0.25) is 5.91 Å². The summed E-state index contributed by atoms with van der Waals surface area (Å²) in [5.74, 6) is -0.218. The van der Waals surface area contributed by atoms with Gasteiger partial charge in [-0.3, -0.25) is 9.59 Å². The Hall–Kier alpha value is -2.34. The van der Waals surface area contributed by atoms with E-state index in [0.29, 0.717) is 25.8 Å². The third kappa shape index (κ3) is 5.33. The van der Waals surface area contributed by atoms with Crippen LogP contribution in [-0.2, 0) is 14.3 Å². The molecule has 1 aliphatic heterocycles. The van der Waals surface area contributed by atoms with Crippen molar-refractivity contribution in [1.29, 1.82) is 0 Å². The summed E-state index contributed by atoms with van der Waals surface area (Å²) in [7, 11) is 0. The van der Waals surface area contributed by atoms with Gasteiger partial charge in [-0.2, -0.15) is 0 Å². The van der Waals surface area contributed by atoms with Crippen molar-refractivity contribution in [3.8, 4) is 5.75 Å². The molecule has 1 unspecified atom stereocenters. The molecule has 1 aliphatic carbocycles. The van der Waals surface area contributed by atoms with Crippen LogP contribution in [0.1, 0.15) is 37.7 Å². The molecular weight excluding hydrogens is 334 g/mol. The fourth-order valence-electron chi connectivity index (χ4n) is 3.40. The highest BCUT2D eigenvalue weighted by Crippen LogP contribution is 2.24. The molecule has 0 bridgehead atoms. The quantitative estimate of drug-likeness (QED) is 0.791. The monoisotopic (exact) mass is 359 g/mol. The van der Waals surface area contributed by atoms with Crippen molar-refractivity contribution in [2.75, 3.05) is 19.7 Å². The van der Waals surface area contributed by atoms with Gasteiger partial charge >= 0.3 is 5.97 Å². The molecule has 1 saturated heterocycles. The van der Waals surface area contributed by atoms with Gasteiger partial charge in [0.05, 0.1) is 25.2 Å². The molecule has 2 fully saturated rings. The Labute approximate surface area is 153 Å². The van der Waals surface area contributed by atoms with E-state index in [1.807, 2.05) is 24.3 Å². The van der Waals surface area contributed by atoms with Gasteiger partial charge in [0.1, 0.15) is 5.75 Å². The average Bonchev–Trinajstić information content (AvgIpc) is 3.12. The molecule has 1 atom stereocenters. The largest absolute Gasteiger partial charge is 0.490 e. The smallest absolute Gasteiger partial charge is 0.306 e. The maximum absolute atomic E-state index is 12.4. The Balaban J connectivity index is 1.56. The summed E-state index contributed by atoms with van der Waals surface area (Å²) in [6.07, 6.45) is 7.72. The number of hydrogen-bond donors (Lipinski definition) is 1. The summed E-state index contributed by atoms with van der Waals surface area (Å²) in [4.78, 5) is 24.8. The number of carboxylic acid groups (broad SMARTS) is 1. The third-order valence-corrected chi connectivity index (χ3v) is 4.73. The van der Waals surface area contributed by atoms with Gasteiger partial charge in [-0.05, 0) is 49.5 Å². The van der Waals surface area contributed by atoms with E-state index in [2.05, 4.69) is 0 Å². The van der Waals surface area contributed by atoms with Crippen LogP contribution in [0.15, 0.2) is 30.3 Å². The predicted molar refractivity (Wildman–Crippen MR) is 96.9 cm³/mol. The molecule has 0 aromatic heterocycles.